The number of rotatable bonds is 7. The highest BCUT2D eigenvalue weighted by Gasteiger charge is 2.16. The van der Waals surface area contributed by atoms with Crippen molar-refractivity contribution in [1.29, 1.82) is 0 Å². The van der Waals surface area contributed by atoms with Crippen molar-refractivity contribution in [2.45, 2.75) is 12.8 Å². The standard InChI is InChI=1S/C20H24ClNO4/c1-23-16-6-8-17(25-13-14-4-3-9-22-12-14)20(11-16)26-18-7-5-15(21)10-19(18)24-2/h5-8,10-11,14,22H,3-4,9,12-13H2,1-2H3. The summed E-state index contributed by atoms with van der Waals surface area (Å²) in [6, 6.07) is 10.8. The van der Waals surface area contributed by atoms with Crippen LogP contribution in [0.4, 0.5) is 0 Å². The molecular weight excluding hydrogens is 354 g/mol. The van der Waals surface area contributed by atoms with Gasteiger partial charge in [-0.2, -0.15) is 0 Å². The molecule has 3 rings (SSSR count). The molecule has 1 fully saturated rings. The van der Waals surface area contributed by atoms with Crippen LogP contribution in [0.15, 0.2) is 36.4 Å². The Morgan fingerprint density at radius 2 is 1.85 bits per heavy atom. The minimum absolute atomic E-state index is 0.503. The van der Waals surface area contributed by atoms with Crippen molar-refractivity contribution < 1.29 is 18.9 Å². The van der Waals surface area contributed by atoms with Gasteiger partial charge in [0.25, 0.3) is 0 Å². The van der Waals surface area contributed by atoms with Crippen molar-refractivity contribution in [1.82, 2.24) is 5.32 Å². The Kier molecular flexibility index (Phi) is 6.47. The molecular formula is C20H24ClNO4. The Morgan fingerprint density at radius 3 is 2.58 bits per heavy atom. The minimum Gasteiger partial charge on any atom is -0.497 e. The second-order valence-corrected chi connectivity index (χ2v) is 6.67. The summed E-state index contributed by atoms with van der Waals surface area (Å²) in [5.74, 6) is 3.57. The molecule has 0 radical (unpaired) electrons. The lowest BCUT2D eigenvalue weighted by molar-refractivity contribution is 0.212. The molecule has 0 aromatic heterocycles. The van der Waals surface area contributed by atoms with E-state index in [0.717, 1.165) is 13.1 Å². The molecule has 1 heterocycles. The minimum atomic E-state index is 0.503. The molecule has 0 spiro atoms. The number of ether oxygens (including phenoxy) is 4. The number of methoxy groups -OCH3 is 2. The van der Waals surface area contributed by atoms with Crippen molar-refractivity contribution in [3.8, 4) is 28.7 Å². The zero-order chi connectivity index (χ0) is 18.4. The summed E-state index contributed by atoms with van der Waals surface area (Å²) >= 11 is 6.03. The lowest BCUT2D eigenvalue weighted by atomic mass is 10.0. The van der Waals surface area contributed by atoms with E-state index in [9.17, 15) is 0 Å². The maximum absolute atomic E-state index is 6.06. The van der Waals surface area contributed by atoms with Crippen LogP contribution in [-0.2, 0) is 0 Å². The van der Waals surface area contributed by atoms with Crippen molar-refractivity contribution in [3.05, 3.63) is 41.4 Å². The number of benzene rings is 2. The normalized spacial score (nSPS) is 16.8. The lowest BCUT2D eigenvalue weighted by Gasteiger charge is -2.23. The fraction of sp³-hybridized carbons (Fsp3) is 0.400. The summed E-state index contributed by atoms with van der Waals surface area (Å²) in [6.07, 6.45) is 2.35. The van der Waals surface area contributed by atoms with Crippen LogP contribution in [0.2, 0.25) is 5.02 Å². The topological polar surface area (TPSA) is 49.0 Å². The molecule has 0 bridgehead atoms. The van der Waals surface area contributed by atoms with Gasteiger partial charge in [-0.1, -0.05) is 11.6 Å². The quantitative estimate of drug-likeness (QED) is 0.768. The van der Waals surface area contributed by atoms with Crippen molar-refractivity contribution in [3.63, 3.8) is 0 Å². The molecule has 1 atom stereocenters. The number of nitrogens with one attached hydrogen (secondary N) is 1. The fourth-order valence-corrected chi connectivity index (χ4v) is 3.09. The monoisotopic (exact) mass is 377 g/mol. The first kappa shape index (κ1) is 18.7. The van der Waals surface area contributed by atoms with Gasteiger partial charge in [-0.25, -0.2) is 0 Å². The fourth-order valence-electron chi connectivity index (χ4n) is 2.93. The number of hydrogen-bond donors (Lipinski definition) is 1. The lowest BCUT2D eigenvalue weighted by Crippen LogP contribution is -2.33. The largest absolute Gasteiger partial charge is 0.497 e. The highest BCUT2D eigenvalue weighted by molar-refractivity contribution is 6.30. The van der Waals surface area contributed by atoms with E-state index in [0.29, 0.717) is 46.3 Å². The molecule has 1 saturated heterocycles. The highest BCUT2D eigenvalue weighted by Crippen LogP contribution is 2.39. The van der Waals surface area contributed by atoms with E-state index in [1.54, 1.807) is 32.4 Å². The first-order chi connectivity index (χ1) is 12.7. The van der Waals surface area contributed by atoms with Gasteiger partial charge in [0.2, 0.25) is 0 Å². The second-order valence-electron chi connectivity index (χ2n) is 6.23. The SMILES string of the molecule is COc1ccc(OCC2CCCNC2)c(Oc2ccc(Cl)cc2OC)c1. The predicted molar refractivity (Wildman–Crippen MR) is 102 cm³/mol. The average Bonchev–Trinajstić information content (AvgIpc) is 2.69. The zero-order valence-corrected chi connectivity index (χ0v) is 15.8. The summed E-state index contributed by atoms with van der Waals surface area (Å²) in [6.45, 7) is 2.72. The third kappa shape index (κ3) is 4.74. The Morgan fingerprint density at radius 1 is 1.00 bits per heavy atom. The Bertz CT molecular complexity index is 732. The molecule has 2 aromatic carbocycles. The molecule has 140 valence electrons. The maximum Gasteiger partial charge on any atom is 0.173 e. The molecule has 1 aliphatic rings. The van der Waals surface area contributed by atoms with E-state index in [2.05, 4.69) is 5.32 Å². The summed E-state index contributed by atoms with van der Waals surface area (Å²) in [4.78, 5) is 0. The molecule has 0 saturated carbocycles. The van der Waals surface area contributed by atoms with Gasteiger partial charge >= 0.3 is 0 Å². The second kappa shape index (κ2) is 9.01. The van der Waals surface area contributed by atoms with Crippen LogP contribution >= 0.6 is 11.6 Å². The molecule has 0 amide bonds. The van der Waals surface area contributed by atoms with Gasteiger partial charge in [0.05, 0.1) is 20.8 Å². The van der Waals surface area contributed by atoms with Gasteiger partial charge in [-0.15, -0.1) is 0 Å². The van der Waals surface area contributed by atoms with Crippen LogP contribution in [0, 0.1) is 5.92 Å². The predicted octanol–water partition coefficient (Wildman–Crippen LogP) is 4.53. The third-order valence-electron chi connectivity index (χ3n) is 4.37. The smallest absolute Gasteiger partial charge is 0.173 e. The summed E-state index contributed by atoms with van der Waals surface area (Å²) < 4.78 is 22.8. The maximum atomic E-state index is 6.06. The molecule has 1 aliphatic heterocycles. The summed E-state index contributed by atoms with van der Waals surface area (Å²) in [5, 5.41) is 3.99. The molecule has 0 aliphatic carbocycles. The van der Waals surface area contributed by atoms with E-state index < -0.39 is 0 Å². The van der Waals surface area contributed by atoms with Crippen LogP contribution in [0.1, 0.15) is 12.8 Å². The number of piperidine rings is 1. The van der Waals surface area contributed by atoms with Crippen molar-refractivity contribution >= 4 is 11.6 Å². The molecule has 1 unspecified atom stereocenters. The van der Waals surface area contributed by atoms with Crippen LogP contribution in [0.3, 0.4) is 0 Å². The van der Waals surface area contributed by atoms with Crippen molar-refractivity contribution in [2.24, 2.45) is 5.92 Å². The Balaban J connectivity index is 1.79. The molecule has 6 heteroatoms. The average molecular weight is 378 g/mol. The number of hydrogen-bond acceptors (Lipinski definition) is 5. The summed E-state index contributed by atoms with van der Waals surface area (Å²) in [7, 11) is 3.20. The van der Waals surface area contributed by atoms with Crippen LogP contribution in [-0.4, -0.2) is 33.9 Å². The third-order valence-corrected chi connectivity index (χ3v) is 4.61. The van der Waals surface area contributed by atoms with Gasteiger partial charge < -0.3 is 24.3 Å². The Labute approximate surface area is 159 Å². The molecule has 1 N–H and O–H groups in total. The van der Waals surface area contributed by atoms with E-state index in [4.69, 9.17) is 30.5 Å². The van der Waals surface area contributed by atoms with E-state index in [-0.39, 0.29) is 0 Å². The van der Waals surface area contributed by atoms with E-state index in [1.807, 2.05) is 18.2 Å². The molecule has 5 nitrogen and oxygen atoms in total. The first-order valence-corrected chi connectivity index (χ1v) is 9.10. The van der Waals surface area contributed by atoms with Crippen molar-refractivity contribution in [2.75, 3.05) is 33.9 Å². The van der Waals surface area contributed by atoms with Gasteiger partial charge in [-0.05, 0) is 43.7 Å². The van der Waals surface area contributed by atoms with Gasteiger partial charge in [-0.3, -0.25) is 0 Å². The van der Waals surface area contributed by atoms with Crippen LogP contribution in [0.25, 0.3) is 0 Å². The first-order valence-electron chi connectivity index (χ1n) is 8.72. The van der Waals surface area contributed by atoms with E-state index in [1.165, 1.54) is 12.8 Å². The molecule has 26 heavy (non-hydrogen) atoms. The zero-order valence-electron chi connectivity index (χ0n) is 15.1. The highest BCUT2D eigenvalue weighted by atomic mass is 35.5. The van der Waals surface area contributed by atoms with Gasteiger partial charge in [0.15, 0.2) is 23.0 Å². The summed E-state index contributed by atoms with van der Waals surface area (Å²) in [5.41, 5.74) is 0. The Hall–Kier alpha value is -2.11. The van der Waals surface area contributed by atoms with E-state index >= 15 is 0 Å². The molecule has 2 aromatic rings. The van der Waals surface area contributed by atoms with Gasteiger partial charge in [0, 0.05) is 29.6 Å². The van der Waals surface area contributed by atoms with Gasteiger partial charge in [0.1, 0.15) is 5.75 Å². The number of halogens is 1. The van der Waals surface area contributed by atoms with Crippen LogP contribution < -0.4 is 24.3 Å². The van der Waals surface area contributed by atoms with Crippen LogP contribution in [0.5, 0.6) is 28.7 Å².